The van der Waals surface area contributed by atoms with E-state index >= 15 is 0 Å². The van der Waals surface area contributed by atoms with E-state index in [9.17, 15) is 9.59 Å². The van der Waals surface area contributed by atoms with Crippen LogP contribution in [0.5, 0.6) is 0 Å². The minimum absolute atomic E-state index is 0.0686. The van der Waals surface area contributed by atoms with Gasteiger partial charge in [0.1, 0.15) is 6.54 Å². The standard InChI is InChI=1S/C15H13ClN2O3S/c16-10-1-3-11(4-2-10)22-14-6-5-12(21-14)15(20)18-8-7-17-13(19)9-18/h1-6H,7-9H2,(H,17,19). The van der Waals surface area contributed by atoms with Gasteiger partial charge in [-0.2, -0.15) is 0 Å². The molecule has 2 amide bonds. The number of hydrogen-bond acceptors (Lipinski definition) is 4. The summed E-state index contributed by atoms with van der Waals surface area (Å²) in [5.41, 5.74) is 0. The molecule has 1 aromatic heterocycles. The van der Waals surface area contributed by atoms with Gasteiger partial charge < -0.3 is 14.6 Å². The molecule has 0 spiro atoms. The Kier molecular flexibility index (Phi) is 4.40. The number of furan rings is 1. The molecule has 0 bridgehead atoms. The summed E-state index contributed by atoms with van der Waals surface area (Å²) in [5.74, 6) is -0.175. The van der Waals surface area contributed by atoms with Crippen molar-refractivity contribution in [3.05, 3.63) is 47.2 Å². The van der Waals surface area contributed by atoms with Crippen molar-refractivity contribution in [3.8, 4) is 0 Å². The zero-order valence-corrected chi connectivity index (χ0v) is 13.1. The van der Waals surface area contributed by atoms with Crippen molar-refractivity contribution in [2.75, 3.05) is 19.6 Å². The van der Waals surface area contributed by atoms with Gasteiger partial charge in [-0.1, -0.05) is 23.4 Å². The predicted molar refractivity (Wildman–Crippen MR) is 83.2 cm³/mol. The van der Waals surface area contributed by atoms with Crippen LogP contribution in [0.25, 0.3) is 0 Å². The molecule has 5 nitrogen and oxygen atoms in total. The molecule has 1 aromatic carbocycles. The summed E-state index contributed by atoms with van der Waals surface area (Å²) >= 11 is 7.25. The summed E-state index contributed by atoms with van der Waals surface area (Å²) < 4.78 is 5.58. The molecule has 1 saturated heterocycles. The molecule has 1 aliphatic heterocycles. The van der Waals surface area contributed by atoms with Crippen LogP contribution in [0.4, 0.5) is 0 Å². The maximum absolute atomic E-state index is 12.3. The van der Waals surface area contributed by atoms with Gasteiger partial charge in [0.05, 0.1) is 0 Å². The van der Waals surface area contributed by atoms with E-state index in [0.717, 1.165) is 4.90 Å². The molecule has 7 heteroatoms. The first-order valence-corrected chi connectivity index (χ1v) is 7.90. The van der Waals surface area contributed by atoms with Crippen LogP contribution < -0.4 is 5.32 Å². The monoisotopic (exact) mass is 336 g/mol. The van der Waals surface area contributed by atoms with E-state index in [0.29, 0.717) is 23.2 Å². The average Bonchev–Trinajstić information content (AvgIpc) is 2.97. The quantitative estimate of drug-likeness (QED) is 0.936. The molecule has 1 fully saturated rings. The van der Waals surface area contributed by atoms with Gasteiger partial charge in [0.25, 0.3) is 5.91 Å². The van der Waals surface area contributed by atoms with Crippen LogP contribution in [0, 0.1) is 0 Å². The van der Waals surface area contributed by atoms with Gasteiger partial charge in [-0.15, -0.1) is 0 Å². The fraction of sp³-hybridized carbons (Fsp3) is 0.200. The van der Waals surface area contributed by atoms with Gasteiger partial charge in [0, 0.05) is 23.0 Å². The minimum Gasteiger partial charge on any atom is -0.444 e. The van der Waals surface area contributed by atoms with Crippen LogP contribution >= 0.6 is 23.4 Å². The summed E-state index contributed by atoms with van der Waals surface area (Å²) in [6, 6.07) is 10.7. The molecule has 0 saturated carbocycles. The second-order valence-corrected chi connectivity index (χ2v) is 6.27. The topological polar surface area (TPSA) is 62.6 Å². The number of carbonyl (C=O) groups is 2. The van der Waals surface area contributed by atoms with Gasteiger partial charge in [0.2, 0.25) is 5.91 Å². The van der Waals surface area contributed by atoms with Crippen molar-refractivity contribution < 1.29 is 14.0 Å². The zero-order chi connectivity index (χ0) is 15.5. The first-order chi connectivity index (χ1) is 10.6. The van der Waals surface area contributed by atoms with Crippen LogP contribution in [0.1, 0.15) is 10.6 Å². The number of nitrogens with zero attached hydrogens (tertiary/aromatic N) is 1. The largest absolute Gasteiger partial charge is 0.444 e. The molecular weight excluding hydrogens is 324 g/mol. The van der Waals surface area contributed by atoms with Gasteiger partial charge in [0.15, 0.2) is 10.9 Å². The molecule has 114 valence electrons. The molecule has 0 radical (unpaired) electrons. The Morgan fingerprint density at radius 1 is 1.23 bits per heavy atom. The van der Waals surface area contributed by atoms with Crippen molar-refractivity contribution in [2.24, 2.45) is 0 Å². The van der Waals surface area contributed by atoms with Crippen molar-refractivity contribution >= 4 is 35.2 Å². The highest BCUT2D eigenvalue weighted by Crippen LogP contribution is 2.30. The van der Waals surface area contributed by atoms with Crippen LogP contribution in [0.2, 0.25) is 5.02 Å². The second kappa shape index (κ2) is 6.46. The highest BCUT2D eigenvalue weighted by atomic mass is 35.5. The Bertz CT molecular complexity index is 699. The van der Waals surface area contributed by atoms with Gasteiger partial charge in [-0.05, 0) is 36.4 Å². The Morgan fingerprint density at radius 3 is 2.73 bits per heavy atom. The number of hydrogen-bond donors (Lipinski definition) is 1. The van der Waals surface area contributed by atoms with Gasteiger partial charge >= 0.3 is 0 Å². The average molecular weight is 337 g/mol. The van der Waals surface area contributed by atoms with E-state index in [4.69, 9.17) is 16.0 Å². The number of amides is 2. The van der Waals surface area contributed by atoms with E-state index in [1.165, 1.54) is 16.7 Å². The second-order valence-electron chi connectivity index (χ2n) is 4.75. The maximum atomic E-state index is 12.3. The number of piperazine rings is 1. The molecule has 0 aliphatic carbocycles. The number of carbonyl (C=O) groups excluding carboxylic acids is 2. The van der Waals surface area contributed by atoms with Crippen LogP contribution in [-0.4, -0.2) is 36.3 Å². The van der Waals surface area contributed by atoms with Crippen molar-refractivity contribution in [1.82, 2.24) is 10.2 Å². The molecule has 1 N–H and O–H groups in total. The number of halogens is 1. The summed E-state index contributed by atoms with van der Waals surface area (Å²) in [6.07, 6.45) is 0. The van der Waals surface area contributed by atoms with Gasteiger partial charge in [-0.25, -0.2) is 0 Å². The highest BCUT2D eigenvalue weighted by Gasteiger charge is 2.24. The lowest BCUT2D eigenvalue weighted by Gasteiger charge is -2.25. The maximum Gasteiger partial charge on any atom is 0.290 e. The summed E-state index contributed by atoms with van der Waals surface area (Å²) in [7, 11) is 0. The van der Waals surface area contributed by atoms with Crippen LogP contribution in [0.15, 0.2) is 50.8 Å². The fourth-order valence-corrected chi connectivity index (χ4v) is 2.97. The third-order valence-corrected chi connectivity index (χ3v) is 4.33. The number of benzene rings is 1. The minimum atomic E-state index is -0.266. The molecule has 3 rings (SSSR count). The Morgan fingerprint density at radius 2 is 2.00 bits per heavy atom. The fourth-order valence-electron chi connectivity index (χ4n) is 2.08. The third-order valence-electron chi connectivity index (χ3n) is 3.15. The molecule has 2 heterocycles. The highest BCUT2D eigenvalue weighted by molar-refractivity contribution is 7.99. The van der Waals surface area contributed by atoms with Gasteiger partial charge in [-0.3, -0.25) is 9.59 Å². The lowest BCUT2D eigenvalue weighted by Crippen LogP contribution is -2.49. The molecule has 22 heavy (non-hydrogen) atoms. The first-order valence-electron chi connectivity index (χ1n) is 6.71. The summed E-state index contributed by atoms with van der Waals surface area (Å²) in [5, 5.41) is 3.97. The molecule has 0 unspecified atom stereocenters. The van der Waals surface area contributed by atoms with Crippen LogP contribution in [0.3, 0.4) is 0 Å². The molecular formula is C15H13ClN2O3S. The third kappa shape index (κ3) is 3.45. The number of nitrogens with one attached hydrogen (secondary N) is 1. The Balaban J connectivity index is 1.69. The molecule has 2 aromatic rings. The van der Waals surface area contributed by atoms with E-state index in [1.54, 1.807) is 24.3 Å². The Hall–Kier alpha value is -1.92. The normalized spacial score (nSPS) is 14.8. The lowest BCUT2D eigenvalue weighted by molar-refractivity contribution is -0.123. The predicted octanol–water partition coefficient (Wildman–Crippen LogP) is 2.66. The first kappa shape index (κ1) is 15.0. The van der Waals surface area contributed by atoms with Crippen molar-refractivity contribution in [3.63, 3.8) is 0 Å². The van der Waals surface area contributed by atoms with E-state index in [-0.39, 0.29) is 24.1 Å². The molecule has 0 atom stereocenters. The van der Waals surface area contributed by atoms with Crippen molar-refractivity contribution in [2.45, 2.75) is 9.99 Å². The smallest absolute Gasteiger partial charge is 0.290 e. The Labute approximate surface area is 136 Å². The van der Waals surface area contributed by atoms with E-state index in [1.807, 2.05) is 12.1 Å². The van der Waals surface area contributed by atoms with E-state index < -0.39 is 0 Å². The summed E-state index contributed by atoms with van der Waals surface area (Å²) in [6.45, 7) is 1.03. The molecule has 1 aliphatic rings. The van der Waals surface area contributed by atoms with Crippen LogP contribution in [-0.2, 0) is 4.79 Å². The number of rotatable bonds is 3. The lowest BCUT2D eigenvalue weighted by atomic mass is 10.3. The summed E-state index contributed by atoms with van der Waals surface area (Å²) in [4.78, 5) is 26.1. The SMILES string of the molecule is O=C1CN(C(=O)c2ccc(Sc3ccc(Cl)cc3)o2)CCN1. The van der Waals surface area contributed by atoms with Crippen molar-refractivity contribution in [1.29, 1.82) is 0 Å². The van der Waals surface area contributed by atoms with E-state index in [2.05, 4.69) is 5.32 Å². The zero-order valence-electron chi connectivity index (χ0n) is 11.5.